The monoisotopic (exact) mass is 270 g/mol. The first-order chi connectivity index (χ1) is 10.1. The molecule has 4 rings (SSSR count). The molecule has 3 aromatic carbocycles. The second-order valence-electron chi connectivity index (χ2n) is 6.57. The Hall–Kier alpha value is -2.02. The van der Waals surface area contributed by atoms with Gasteiger partial charge in [0.15, 0.2) is 7.28 Å². The van der Waals surface area contributed by atoms with E-state index >= 15 is 0 Å². The number of hydrogen-bond donors (Lipinski definition) is 0. The first kappa shape index (κ1) is 12.7. The lowest BCUT2D eigenvalue weighted by Gasteiger charge is -2.22. The van der Waals surface area contributed by atoms with Gasteiger partial charge in [-0.2, -0.15) is 0 Å². The summed E-state index contributed by atoms with van der Waals surface area (Å²) in [4.78, 5) is 0. The van der Waals surface area contributed by atoms with Crippen molar-refractivity contribution >= 4 is 23.5 Å². The molecule has 0 N–H and O–H groups in total. The van der Waals surface area contributed by atoms with Gasteiger partial charge < -0.3 is 0 Å². The smallest absolute Gasteiger partial charge is 0.0849 e. The molecule has 1 aliphatic carbocycles. The van der Waals surface area contributed by atoms with Crippen LogP contribution in [0.5, 0.6) is 0 Å². The molecule has 0 radical (unpaired) electrons. The zero-order valence-corrected chi connectivity index (χ0v) is 12.9. The summed E-state index contributed by atoms with van der Waals surface area (Å²) in [5, 5.41) is 2.71. The molecule has 0 fully saturated rings. The summed E-state index contributed by atoms with van der Waals surface area (Å²) in [6, 6.07) is 20.3. The molecule has 0 nitrogen and oxygen atoms in total. The van der Waals surface area contributed by atoms with E-state index < -0.39 is 0 Å². The van der Waals surface area contributed by atoms with Crippen LogP contribution in [0, 0.1) is 0 Å². The van der Waals surface area contributed by atoms with Gasteiger partial charge in [-0.05, 0) is 33.0 Å². The zero-order chi connectivity index (χ0) is 14.6. The summed E-state index contributed by atoms with van der Waals surface area (Å²) < 4.78 is 0. The molecule has 0 aliphatic heterocycles. The van der Waals surface area contributed by atoms with Crippen molar-refractivity contribution in [3.63, 3.8) is 0 Å². The van der Waals surface area contributed by atoms with Crippen molar-refractivity contribution in [1.29, 1.82) is 0 Å². The summed E-state index contributed by atoms with van der Waals surface area (Å²) in [6.07, 6.45) is 0. The third-order valence-electron chi connectivity index (χ3n) is 5.04. The summed E-state index contributed by atoms with van der Waals surface area (Å²) in [6.45, 7) is 6.93. The SMILES string of the molecule is CBc1ccc2c(c1)C(C)(C)c1ccc3ccccc3c1-2. The van der Waals surface area contributed by atoms with Crippen molar-refractivity contribution in [3.05, 3.63) is 65.7 Å². The van der Waals surface area contributed by atoms with Crippen LogP contribution in [0.1, 0.15) is 25.0 Å². The van der Waals surface area contributed by atoms with Gasteiger partial charge in [-0.15, -0.1) is 0 Å². The standard InChI is InChI=1S/C20H19B/c1-20(2)17-11-8-13-6-4-5-7-15(13)19(17)16-10-9-14(21-3)12-18(16)20/h4-12,21H,1-3H3. The minimum absolute atomic E-state index is 0.0971. The lowest BCUT2D eigenvalue weighted by molar-refractivity contribution is 0.661. The van der Waals surface area contributed by atoms with Crippen molar-refractivity contribution in [2.45, 2.75) is 26.1 Å². The van der Waals surface area contributed by atoms with Crippen molar-refractivity contribution in [3.8, 4) is 11.1 Å². The van der Waals surface area contributed by atoms with Crippen LogP contribution in [0.2, 0.25) is 6.82 Å². The Kier molecular flexibility index (Phi) is 2.56. The Morgan fingerprint density at radius 2 is 1.67 bits per heavy atom. The van der Waals surface area contributed by atoms with Gasteiger partial charge in [-0.3, -0.25) is 0 Å². The van der Waals surface area contributed by atoms with Gasteiger partial charge in [0, 0.05) is 5.41 Å². The molecule has 0 bridgehead atoms. The van der Waals surface area contributed by atoms with Gasteiger partial charge in [0.05, 0.1) is 0 Å². The highest BCUT2D eigenvalue weighted by Gasteiger charge is 2.36. The molecule has 0 aromatic heterocycles. The minimum atomic E-state index is 0.0971. The second kappa shape index (κ2) is 4.24. The van der Waals surface area contributed by atoms with Gasteiger partial charge in [-0.1, -0.05) is 80.7 Å². The Balaban J connectivity index is 2.13. The topological polar surface area (TPSA) is 0 Å². The van der Waals surface area contributed by atoms with Gasteiger partial charge in [-0.25, -0.2) is 0 Å². The van der Waals surface area contributed by atoms with Crippen LogP contribution in [0.25, 0.3) is 21.9 Å². The van der Waals surface area contributed by atoms with Gasteiger partial charge in [0.1, 0.15) is 0 Å². The van der Waals surface area contributed by atoms with E-state index in [0.29, 0.717) is 0 Å². The van der Waals surface area contributed by atoms with E-state index in [-0.39, 0.29) is 5.41 Å². The molecule has 21 heavy (non-hydrogen) atoms. The molecule has 0 saturated carbocycles. The van der Waals surface area contributed by atoms with E-state index in [2.05, 4.69) is 75.3 Å². The maximum atomic E-state index is 2.41. The number of hydrogen-bond acceptors (Lipinski definition) is 0. The minimum Gasteiger partial charge on any atom is -0.0849 e. The Labute approximate surface area is 127 Å². The van der Waals surface area contributed by atoms with Crippen LogP contribution >= 0.6 is 0 Å². The number of fused-ring (bicyclic) bond motifs is 5. The lowest BCUT2D eigenvalue weighted by atomic mass is 9.71. The third kappa shape index (κ3) is 1.64. The van der Waals surface area contributed by atoms with Crippen molar-refractivity contribution < 1.29 is 0 Å². The first-order valence-corrected chi connectivity index (χ1v) is 7.79. The van der Waals surface area contributed by atoms with Crippen molar-refractivity contribution in [2.24, 2.45) is 0 Å². The molecule has 0 saturated heterocycles. The quantitative estimate of drug-likeness (QED) is 0.580. The number of benzene rings is 3. The van der Waals surface area contributed by atoms with E-state index in [1.54, 1.807) is 0 Å². The maximum absolute atomic E-state index is 2.41. The lowest BCUT2D eigenvalue weighted by Crippen LogP contribution is -2.19. The molecule has 1 aliphatic rings. The largest absolute Gasteiger partial charge is 0.154 e. The molecule has 0 heterocycles. The van der Waals surface area contributed by atoms with Gasteiger partial charge in [0.2, 0.25) is 0 Å². The fraction of sp³-hybridized carbons (Fsp3) is 0.200. The number of rotatable bonds is 1. The summed E-state index contributed by atoms with van der Waals surface area (Å²) >= 11 is 0. The molecule has 3 aromatic rings. The average Bonchev–Trinajstić information content (AvgIpc) is 2.75. The van der Waals surface area contributed by atoms with E-state index in [1.807, 2.05) is 0 Å². The fourth-order valence-electron chi connectivity index (χ4n) is 3.77. The van der Waals surface area contributed by atoms with Crippen LogP contribution < -0.4 is 5.46 Å². The fourth-order valence-corrected chi connectivity index (χ4v) is 3.77. The van der Waals surface area contributed by atoms with E-state index in [0.717, 1.165) is 7.28 Å². The van der Waals surface area contributed by atoms with Crippen molar-refractivity contribution in [1.82, 2.24) is 0 Å². The summed E-state index contributed by atoms with van der Waals surface area (Å²) in [5.74, 6) is 0. The zero-order valence-electron chi connectivity index (χ0n) is 12.9. The maximum Gasteiger partial charge on any atom is 0.154 e. The van der Waals surface area contributed by atoms with E-state index in [1.165, 1.54) is 38.5 Å². The molecule has 102 valence electrons. The molecular formula is C20H19B. The highest BCUT2D eigenvalue weighted by atomic mass is 14.4. The molecule has 0 spiro atoms. The second-order valence-corrected chi connectivity index (χ2v) is 6.57. The Bertz CT molecular complexity index is 859. The van der Waals surface area contributed by atoms with Crippen LogP contribution in [0.3, 0.4) is 0 Å². The van der Waals surface area contributed by atoms with Gasteiger partial charge in [0.25, 0.3) is 0 Å². The predicted molar refractivity (Wildman–Crippen MR) is 94.2 cm³/mol. The highest BCUT2D eigenvalue weighted by Crippen LogP contribution is 2.50. The van der Waals surface area contributed by atoms with Crippen molar-refractivity contribution in [2.75, 3.05) is 0 Å². The first-order valence-electron chi connectivity index (χ1n) is 7.79. The van der Waals surface area contributed by atoms with Crippen LogP contribution in [0.4, 0.5) is 0 Å². The Morgan fingerprint density at radius 1 is 0.857 bits per heavy atom. The van der Waals surface area contributed by atoms with E-state index in [4.69, 9.17) is 0 Å². The molecule has 0 unspecified atom stereocenters. The average molecular weight is 270 g/mol. The molecular weight excluding hydrogens is 251 g/mol. The Morgan fingerprint density at radius 3 is 2.48 bits per heavy atom. The summed E-state index contributed by atoms with van der Waals surface area (Å²) in [5.41, 5.74) is 7.33. The summed E-state index contributed by atoms with van der Waals surface area (Å²) in [7, 11) is 1.10. The third-order valence-corrected chi connectivity index (χ3v) is 5.04. The highest BCUT2D eigenvalue weighted by molar-refractivity contribution is 6.52. The molecule has 1 heteroatoms. The predicted octanol–water partition coefficient (Wildman–Crippen LogP) is 4.26. The molecule has 0 amide bonds. The van der Waals surface area contributed by atoms with Crippen LogP contribution in [-0.4, -0.2) is 7.28 Å². The molecule has 0 atom stereocenters. The normalized spacial score (nSPS) is 14.8. The van der Waals surface area contributed by atoms with E-state index in [9.17, 15) is 0 Å². The van der Waals surface area contributed by atoms with Gasteiger partial charge >= 0.3 is 0 Å². The van der Waals surface area contributed by atoms with Crippen LogP contribution in [-0.2, 0) is 5.41 Å². The van der Waals surface area contributed by atoms with Crippen LogP contribution in [0.15, 0.2) is 54.6 Å².